The second-order valence-electron chi connectivity index (χ2n) is 6.18. The summed E-state index contributed by atoms with van der Waals surface area (Å²) in [6, 6.07) is 11.5. The van der Waals surface area contributed by atoms with Gasteiger partial charge in [0.15, 0.2) is 11.5 Å². The van der Waals surface area contributed by atoms with Gasteiger partial charge in [-0.25, -0.2) is 9.07 Å². The molecule has 1 amide bonds. The lowest BCUT2D eigenvalue weighted by molar-refractivity contribution is -0.117. The van der Waals surface area contributed by atoms with E-state index in [1.807, 2.05) is 0 Å². The second-order valence-corrected chi connectivity index (χ2v) is 6.18. The summed E-state index contributed by atoms with van der Waals surface area (Å²) in [6.07, 6.45) is 0. The number of ether oxygens (including phenoxy) is 3. The minimum Gasteiger partial charge on any atom is -0.493 e. The third kappa shape index (κ3) is 4.57. The molecular weight excluding hydrogens is 393 g/mol. The highest BCUT2D eigenvalue weighted by Crippen LogP contribution is 2.40. The summed E-state index contributed by atoms with van der Waals surface area (Å²) in [4.78, 5) is 24.5. The van der Waals surface area contributed by atoms with Crippen molar-refractivity contribution >= 4 is 11.6 Å². The largest absolute Gasteiger partial charge is 0.493 e. The number of hydrogen-bond donors (Lipinski definition) is 1. The second kappa shape index (κ2) is 9.08. The molecule has 3 aromatic rings. The number of carbonyl (C=O) groups excluding carboxylic acids is 1. The molecule has 0 saturated heterocycles. The molecule has 0 aliphatic heterocycles. The number of methoxy groups -OCH3 is 3. The van der Waals surface area contributed by atoms with E-state index in [2.05, 4.69) is 10.4 Å². The van der Waals surface area contributed by atoms with Crippen LogP contribution in [0, 0.1) is 5.82 Å². The molecule has 30 heavy (non-hydrogen) atoms. The number of carbonyl (C=O) groups is 1. The Balaban J connectivity index is 1.89. The highest BCUT2D eigenvalue weighted by atomic mass is 19.1. The highest BCUT2D eigenvalue weighted by molar-refractivity contribution is 5.90. The molecule has 0 bridgehead atoms. The van der Waals surface area contributed by atoms with Gasteiger partial charge in [0.2, 0.25) is 11.7 Å². The van der Waals surface area contributed by atoms with Gasteiger partial charge in [0.05, 0.1) is 27.0 Å². The van der Waals surface area contributed by atoms with E-state index in [0.717, 1.165) is 4.68 Å². The van der Waals surface area contributed by atoms with Crippen LogP contribution in [0.15, 0.2) is 53.3 Å². The van der Waals surface area contributed by atoms with Gasteiger partial charge < -0.3 is 19.5 Å². The Morgan fingerprint density at radius 3 is 2.20 bits per heavy atom. The van der Waals surface area contributed by atoms with Gasteiger partial charge in [0.25, 0.3) is 5.56 Å². The molecule has 0 unspecified atom stereocenters. The van der Waals surface area contributed by atoms with Gasteiger partial charge in [-0.1, -0.05) is 0 Å². The van der Waals surface area contributed by atoms with Crippen molar-refractivity contribution in [2.24, 2.45) is 0 Å². The molecule has 156 valence electrons. The smallest absolute Gasteiger partial charge is 0.267 e. The third-order valence-electron chi connectivity index (χ3n) is 4.25. The number of nitrogens with one attached hydrogen (secondary N) is 1. The van der Waals surface area contributed by atoms with E-state index < -0.39 is 17.3 Å². The lowest BCUT2D eigenvalue weighted by Gasteiger charge is -2.14. The Morgan fingerprint density at radius 2 is 1.63 bits per heavy atom. The number of anilines is 1. The van der Waals surface area contributed by atoms with Crippen LogP contribution in [0.3, 0.4) is 0 Å². The highest BCUT2D eigenvalue weighted by Gasteiger charge is 2.16. The third-order valence-corrected chi connectivity index (χ3v) is 4.25. The molecule has 0 spiro atoms. The molecule has 1 heterocycles. The van der Waals surface area contributed by atoms with E-state index >= 15 is 0 Å². The normalized spacial score (nSPS) is 10.4. The van der Waals surface area contributed by atoms with Gasteiger partial charge in [-0.15, -0.1) is 0 Å². The number of aromatic nitrogens is 2. The van der Waals surface area contributed by atoms with Crippen LogP contribution in [0.1, 0.15) is 0 Å². The number of benzene rings is 2. The van der Waals surface area contributed by atoms with Crippen LogP contribution in [-0.2, 0) is 11.3 Å². The number of amides is 1. The lowest BCUT2D eigenvalue weighted by atomic mass is 10.1. The van der Waals surface area contributed by atoms with Crippen LogP contribution in [0.25, 0.3) is 11.3 Å². The first-order chi connectivity index (χ1) is 14.4. The zero-order chi connectivity index (χ0) is 21.7. The Morgan fingerprint density at radius 1 is 1.00 bits per heavy atom. The topological polar surface area (TPSA) is 91.7 Å². The van der Waals surface area contributed by atoms with Crippen molar-refractivity contribution in [2.45, 2.75) is 6.54 Å². The van der Waals surface area contributed by atoms with Crippen molar-refractivity contribution in [2.75, 3.05) is 26.6 Å². The molecule has 1 N–H and O–H groups in total. The minimum absolute atomic E-state index is 0.311. The number of hydrogen-bond acceptors (Lipinski definition) is 6. The van der Waals surface area contributed by atoms with Crippen molar-refractivity contribution in [3.05, 3.63) is 64.7 Å². The van der Waals surface area contributed by atoms with E-state index in [1.54, 1.807) is 12.1 Å². The molecular formula is C21H20FN3O5. The Kier molecular flexibility index (Phi) is 6.31. The van der Waals surface area contributed by atoms with Crippen molar-refractivity contribution in [1.82, 2.24) is 9.78 Å². The van der Waals surface area contributed by atoms with E-state index in [9.17, 15) is 14.0 Å². The number of nitrogens with zero attached hydrogens (tertiary/aromatic N) is 2. The summed E-state index contributed by atoms with van der Waals surface area (Å²) < 4.78 is 30.0. The summed E-state index contributed by atoms with van der Waals surface area (Å²) >= 11 is 0. The quantitative estimate of drug-likeness (QED) is 0.640. The van der Waals surface area contributed by atoms with Gasteiger partial charge in [-0.2, -0.15) is 5.10 Å². The maximum Gasteiger partial charge on any atom is 0.267 e. The first-order valence-corrected chi connectivity index (χ1v) is 8.89. The van der Waals surface area contributed by atoms with E-state index in [0.29, 0.717) is 34.2 Å². The van der Waals surface area contributed by atoms with Gasteiger partial charge in [0.1, 0.15) is 12.4 Å². The average Bonchev–Trinajstić information content (AvgIpc) is 2.75. The fourth-order valence-electron chi connectivity index (χ4n) is 2.81. The summed E-state index contributed by atoms with van der Waals surface area (Å²) in [5.74, 6) is 0.402. The molecule has 0 saturated carbocycles. The predicted molar refractivity (Wildman–Crippen MR) is 109 cm³/mol. The van der Waals surface area contributed by atoms with E-state index in [1.165, 1.54) is 57.7 Å². The maximum absolute atomic E-state index is 13.0. The fraction of sp³-hybridized carbons (Fsp3) is 0.190. The van der Waals surface area contributed by atoms with Gasteiger partial charge in [0, 0.05) is 17.3 Å². The Labute approximate surface area is 171 Å². The standard InChI is InChI=1S/C21H20FN3O5/c1-28-17-10-13(11-18(29-2)21(17)30-3)16-8-9-20(27)25(24-16)12-19(26)23-15-6-4-14(22)5-7-15/h4-11H,12H2,1-3H3,(H,23,26). The minimum atomic E-state index is -0.474. The van der Waals surface area contributed by atoms with E-state index in [4.69, 9.17) is 14.2 Å². The number of halogens is 1. The molecule has 8 nitrogen and oxygen atoms in total. The zero-order valence-corrected chi connectivity index (χ0v) is 16.6. The molecule has 2 aromatic carbocycles. The molecule has 1 aromatic heterocycles. The first kappa shape index (κ1) is 20.8. The monoisotopic (exact) mass is 413 g/mol. The molecule has 3 rings (SSSR count). The van der Waals surface area contributed by atoms with Crippen molar-refractivity contribution < 1.29 is 23.4 Å². The molecule has 0 fully saturated rings. The molecule has 9 heteroatoms. The van der Waals surface area contributed by atoms with Crippen LogP contribution in [0.4, 0.5) is 10.1 Å². The first-order valence-electron chi connectivity index (χ1n) is 8.89. The van der Waals surface area contributed by atoms with Crippen LogP contribution in [0.5, 0.6) is 17.2 Å². The van der Waals surface area contributed by atoms with Crippen LogP contribution in [-0.4, -0.2) is 37.0 Å². The summed E-state index contributed by atoms with van der Waals surface area (Å²) in [7, 11) is 4.49. The van der Waals surface area contributed by atoms with Gasteiger partial charge >= 0.3 is 0 Å². The van der Waals surface area contributed by atoms with Crippen molar-refractivity contribution in [3.63, 3.8) is 0 Å². The maximum atomic E-state index is 13.0. The van der Waals surface area contributed by atoms with Crippen molar-refractivity contribution in [3.8, 4) is 28.5 Å². The molecule has 0 radical (unpaired) electrons. The van der Waals surface area contributed by atoms with Gasteiger partial charge in [-0.05, 0) is 42.5 Å². The summed E-state index contributed by atoms with van der Waals surface area (Å²) in [5, 5.41) is 6.87. The molecule has 0 aliphatic rings. The lowest BCUT2D eigenvalue weighted by Crippen LogP contribution is -2.29. The Bertz CT molecular complexity index is 1090. The van der Waals surface area contributed by atoms with E-state index in [-0.39, 0.29) is 6.54 Å². The SMILES string of the molecule is COc1cc(-c2ccc(=O)n(CC(=O)Nc3ccc(F)cc3)n2)cc(OC)c1OC. The van der Waals surface area contributed by atoms with Crippen molar-refractivity contribution in [1.29, 1.82) is 0 Å². The number of rotatable bonds is 7. The average molecular weight is 413 g/mol. The summed E-state index contributed by atoms with van der Waals surface area (Å²) in [6.45, 7) is -0.311. The predicted octanol–water partition coefficient (Wildman–Crippen LogP) is 2.71. The molecule has 0 aliphatic carbocycles. The van der Waals surface area contributed by atoms with Crippen LogP contribution >= 0.6 is 0 Å². The van der Waals surface area contributed by atoms with Crippen LogP contribution < -0.4 is 25.1 Å². The zero-order valence-electron chi connectivity index (χ0n) is 16.6. The Hall–Kier alpha value is -3.88. The van der Waals surface area contributed by atoms with Crippen LogP contribution in [0.2, 0.25) is 0 Å². The van der Waals surface area contributed by atoms with Gasteiger partial charge in [-0.3, -0.25) is 9.59 Å². The fourth-order valence-corrected chi connectivity index (χ4v) is 2.81. The molecule has 0 atom stereocenters. The summed E-state index contributed by atoms with van der Waals surface area (Å²) in [5.41, 5.74) is 1.01.